The molecule has 1 saturated heterocycles. The highest BCUT2D eigenvalue weighted by Gasteiger charge is 2.23. The summed E-state index contributed by atoms with van der Waals surface area (Å²) in [4.78, 5) is 24.2. The molecule has 4 rings (SSSR count). The second-order valence-electron chi connectivity index (χ2n) is 7.68. The number of aromatic nitrogens is 2. The van der Waals surface area contributed by atoms with Gasteiger partial charge in [-0.25, -0.2) is 9.97 Å². The Labute approximate surface area is 175 Å². The second kappa shape index (κ2) is 8.41. The third-order valence-corrected chi connectivity index (χ3v) is 6.19. The van der Waals surface area contributed by atoms with E-state index in [0.717, 1.165) is 47.1 Å². The summed E-state index contributed by atoms with van der Waals surface area (Å²) in [6.07, 6.45) is 1.67. The van der Waals surface area contributed by atoms with Crippen molar-refractivity contribution in [3.05, 3.63) is 59.4 Å². The van der Waals surface area contributed by atoms with Crippen LogP contribution in [0.15, 0.2) is 42.6 Å². The molecule has 1 fully saturated rings. The van der Waals surface area contributed by atoms with Crippen molar-refractivity contribution in [3.8, 4) is 0 Å². The molecule has 0 radical (unpaired) electrons. The molecule has 29 heavy (non-hydrogen) atoms. The number of benzene rings is 1. The molecule has 0 aliphatic carbocycles. The number of carbonyl (C=O) groups excluding carboxylic acids is 1. The minimum Gasteiger partial charge on any atom is -0.354 e. The van der Waals surface area contributed by atoms with Gasteiger partial charge < -0.3 is 10.2 Å². The maximum atomic E-state index is 13.3. The SMILES string of the molecule is Cc1ccc2c(Nc3ccc(C(C)C)cc3)c(C(=O)N3CCSCC3)cnc2n1. The first-order valence-electron chi connectivity index (χ1n) is 10.0. The molecule has 0 bridgehead atoms. The first-order chi connectivity index (χ1) is 14.0. The number of hydrogen-bond acceptors (Lipinski definition) is 5. The number of nitrogens with zero attached hydrogens (tertiary/aromatic N) is 3. The van der Waals surface area contributed by atoms with E-state index in [2.05, 4.69) is 53.4 Å². The van der Waals surface area contributed by atoms with E-state index in [9.17, 15) is 4.79 Å². The highest BCUT2D eigenvalue weighted by atomic mass is 32.2. The summed E-state index contributed by atoms with van der Waals surface area (Å²) >= 11 is 1.89. The molecule has 1 aliphatic rings. The summed E-state index contributed by atoms with van der Waals surface area (Å²) < 4.78 is 0. The van der Waals surface area contributed by atoms with Crippen LogP contribution in [-0.2, 0) is 0 Å². The largest absolute Gasteiger partial charge is 0.354 e. The lowest BCUT2D eigenvalue weighted by Crippen LogP contribution is -2.38. The van der Waals surface area contributed by atoms with Crippen LogP contribution in [0.25, 0.3) is 11.0 Å². The van der Waals surface area contributed by atoms with Gasteiger partial charge in [0.2, 0.25) is 0 Å². The topological polar surface area (TPSA) is 58.1 Å². The molecule has 1 N–H and O–H groups in total. The van der Waals surface area contributed by atoms with E-state index in [-0.39, 0.29) is 5.91 Å². The number of carbonyl (C=O) groups is 1. The van der Waals surface area contributed by atoms with Crippen LogP contribution in [0.5, 0.6) is 0 Å². The number of anilines is 2. The van der Waals surface area contributed by atoms with Gasteiger partial charge in [-0.2, -0.15) is 11.8 Å². The van der Waals surface area contributed by atoms with Crippen molar-refractivity contribution in [1.29, 1.82) is 0 Å². The summed E-state index contributed by atoms with van der Waals surface area (Å²) in [6.45, 7) is 7.86. The van der Waals surface area contributed by atoms with Crippen molar-refractivity contribution in [3.63, 3.8) is 0 Å². The number of rotatable bonds is 4. The van der Waals surface area contributed by atoms with Crippen LogP contribution < -0.4 is 5.32 Å². The van der Waals surface area contributed by atoms with E-state index >= 15 is 0 Å². The van der Waals surface area contributed by atoms with E-state index in [4.69, 9.17) is 0 Å². The standard InChI is InChI=1S/C23H26N4OS/c1-15(2)17-5-7-18(8-6-17)26-21-19-9-4-16(3)25-22(19)24-14-20(21)23(28)27-10-12-29-13-11-27/h4-9,14-15H,10-13H2,1-3H3,(H,24,25,26). The van der Waals surface area contributed by atoms with Crippen molar-refractivity contribution in [2.24, 2.45) is 0 Å². The quantitative estimate of drug-likeness (QED) is 0.661. The first-order valence-corrected chi connectivity index (χ1v) is 11.2. The second-order valence-corrected chi connectivity index (χ2v) is 8.90. The summed E-state index contributed by atoms with van der Waals surface area (Å²) in [5.41, 5.74) is 5.17. The van der Waals surface area contributed by atoms with Crippen LogP contribution in [0.3, 0.4) is 0 Å². The van der Waals surface area contributed by atoms with Gasteiger partial charge in [0.25, 0.3) is 5.91 Å². The van der Waals surface area contributed by atoms with Crippen LogP contribution in [0.4, 0.5) is 11.4 Å². The fourth-order valence-electron chi connectivity index (χ4n) is 3.50. The zero-order valence-electron chi connectivity index (χ0n) is 17.1. The Balaban J connectivity index is 1.76. The molecule has 5 nitrogen and oxygen atoms in total. The van der Waals surface area contributed by atoms with E-state index in [1.54, 1.807) is 6.20 Å². The average molecular weight is 407 g/mol. The maximum Gasteiger partial charge on any atom is 0.257 e. The number of amides is 1. The molecule has 6 heteroatoms. The number of aryl methyl sites for hydroxylation is 1. The molecule has 2 aromatic heterocycles. The number of nitrogens with one attached hydrogen (secondary N) is 1. The molecule has 0 spiro atoms. The molecule has 1 aliphatic heterocycles. The van der Waals surface area contributed by atoms with Gasteiger partial charge in [-0.1, -0.05) is 26.0 Å². The van der Waals surface area contributed by atoms with Gasteiger partial charge in [-0.15, -0.1) is 0 Å². The van der Waals surface area contributed by atoms with E-state index in [1.165, 1.54) is 5.56 Å². The highest BCUT2D eigenvalue weighted by Crippen LogP contribution is 2.30. The zero-order valence-corrected chi connectivity index (χ0v) is 17.9. The third kappa shape index (κ3) is 4.22. The number of thioether (sulfide) groups is 1. The van der Waals surface area contributed by atoms with Crippen LogP contribution in [0, 0.1) is 6.92 Å². The Morgan fingerprint density at radius 1 is 1.10 bits per heavy atom. The Hall–Kier alpha value is -2.60. The van der Waals surface area contributed by atoms with Gasteiger partial charge in [0.15, 0.2) is 5.65 Å². The smallest absolute Gasteiger partial charge is 0.257 e. The molecule has 1 amide bonds. The summed E-state index contributed by atoms with van der Waals surface area (Å²) in [7, 11) is 0. The Kier molecular flexibility index (Phi) is 5.72. The van der Waals surface area contributed by atoms with Crippen molar-refractivity contribution in [1.82, 2.24) is 14.9 Å². The Morgan fingerprint density at radius 3 is 2.52 bits per heavy atom. The van der Waals surface area contributed by atoms with Crippen LogP contribution >= 0.6 is 11.8 Å². The van der Waals surface area contributed by atoms with Gasteiger partial charge >= 0.3 is 0 Å². The lowest BCUT2D eigenvalue weighted by molar-refractivity contribution is 0.0773. The molecule has 3 aromatic rings. The molecule has 0 atom stereocenters. The fourth-order valence-corrected chi connectivity index (χ4v) is 4.40. The van der Waals surface area contributed by atoms with Crippen LogP contribution in [-0.4, -0.2) is 45.4 Å². The van der Waals surface area contributed by atoms with Crippen molar-refractivity contribution in [2.45, 2.75) is 26.7 Å². The number of hydrogen-bond donors (Lipinski definition) is 1. The minimum atomic E-state index is 0.0292. The molecule has 3 heterocycles. The van der Waals surface area contributed by atoms with Gasteiger partial charge in [0.1, 0.15) is 0 Å². The van der Waals surface area contributed by atoms with Gasteiger partial charge in [-0.05, 0) is 42.7 Å². The lowest BCUT2D eigenvalue weighted by Gasteiger charge is -2.27. The normalized spacial score (nSPS) is 14.4. The summed E-state index contributed by atoms with van der Waals surface area (Å²) in [6, 6.07) is 12.3. The Morgan fingerprint density at radius 2 is 1.83 bits per heavy atom. The maximum absolute atomic E-state index is 13.3. The first kappa shape index (κ1) is 19.7. The molecule has 150 valence electrons. The zero-order chi connectivity index (χ0) is 20.4. The van der Waals surface area contributed by atoms with Gasteiger partial charge in [-0.3, -0.25) is 4.79 Å². The fraction of sp³-hybridized carbons (Fsp3) is 0.348. The van der Waals surface area contributed by atoms with Crippen molar-refractivity contribution in [2.75, 3.05) is 29.9 Å². The number of pyridine rings is 2. The van der Waals surface area contributed by atoms with Crippen LogP contribution in [0.1, 0.15) is 41.4 Å². The molecule has 0 unspecified atom stereocenters. The van der Waals surface area contributed by atoms with E-state index in [1.807, 2.05) is 35.7 Å². The molecular weight excluding hydrogens is 380 g/mol. The third-order valence-electron chi connectivity index (χ3n) is 5.24. The molecule has 0 saturated carbocycles. The van der Waals surface area contributed by atoms with Crippen molar-refractivity contribution >= 4 is 40.1 Å². The van der Waals surface area contributed by atoms with E-state index < -0.39 is 0 Å². The summed E-state index contributed by atoms with van der Waals surface area (Å²) in [5, 5.41) is 4.35. The van der Waals surface area contributed by atoms with Crippen molar-refractivity contribution < 1.29 is 4.79 Å². The highest BCUT2D eigenvalue weighted by molar-refractivity contribution is 7.99. The van der Waals surface area contributed by atoms with E-state index in [0.29, 0.717) is 17.1 Å². The average Bonchev–Trinajstić information content (AvgIpc) is 2.74. The van der Waals surface area contributed by atoms with Gasteiger partial charge in [0, 0.05) is 47.6 Å². The lowest BCUT2D eigenvalue weighted by atomic mass is 10.0. The van der Waals surface area contributed by atoms with Gasteiger partial charge in [0.05, 0.1) is 11.3 Å². The number of fused-ring (bicyclic) bond motifs is 1. The minimum absolute atomic E-state index is 0.0292. The predicted octanol–water partition coefficient (Wildman–Crippen LogP) is 4.99. The summed E-state index contributed by atoms with van der Waals surface area (Å²) in [5.74, 6) is 2.47. The monoisotopic (exact) mass is 406 g/mol. The van der Waals surface area contributed by atoms with Crippen LogP contribution in [0.2, 0.25) is 0 Å². The Bertz CT molecular complexity index is 1030. The molecule has 1 aromatic carbocycles. The molecular formula is C23H26N4OS. The predicted molar refractivity (Wildman–Crippen MR) is 121 cm³/mol.